The van der Waals surface area contributed by atoms with Crippen LogP contribution in [0.5, 0.6) is 0 Å². The molecule has 0 bridgehead atoms. The van der Waals surface area contributed by atoms with Crippen molar-refractivity contribution in [1.82, 2.24) is 0 Å². The van der Waals surface area contributed by atoms with Crippen LogP contribution in [0, 0.1) is 0 Å². The van der Waals surface area contributed by atoms with Crippen LogP contribution in [0.2, 0.25) is 0 Å². The van der Waals surface area contributed by atoms with Crippen molar-refractivity contribution in [2.75, 3.05) is 18.6 Å². The van der Waals surface area contributed by atoms with Gasteiger partial charge in [0, 0.05) is 20.8 Å². The maximum atomic E-state index is 12.0. The number of methoxy groups -OCH3 is 1. The molecule has 2 N–H and O–H groups in total. The van der Waals surface area contributed by atoms with E-state index in [1.54, 1.807) is 11.8 Å². The largest absolute Gasteiger partial charge is 0.469 e. The number of hydrogen-bond acceptors (Lipinski definition) is 4. The molecule has 0 aromatic heterocycles. The van der Waals surface area contributed by atoms with Gasteiger partial charge in [0.25, 0.3) is 0 Å². The normalized spacial score (nSPS) is 11.9. The minimum absolute atomic E-state index is 0.232. The van der Waals surface area contributed by atoms with Gasteiger partial charge in [-0.05, 0) is 23.8 Å². The zero-order valence-electron chi connectivity index (χ0n) is 11.6. The maximum absolute atomic E-state index is 12.0. The van der Waals surface area contributed by atoms with Crippen LogP contribution in [0.4, 0.5) is 5.69 Å². The number of thioether (sulfide) groups is 1. The lowest BCUT2D eigenvalue weighted by atomic mass is 10.0. The summed E-state index contributed by atoms with van der Waals surface area (Å²) in [5.74, 6) is 0.0522. The first-order valence-corrected chi connectivity index (χ1v) is 8.20. The zero-order valence-corrected chi connectivity index (χ0v) is 14.0. The monoisotopic (exact) mass is 365 g/mol. The Morgan fingerprint density at radius 2 is 2.00 bits per heavy atom. The molecule has 0 spiro atoms. The number of ether oxygens (including phenoxy) is 1. The lowest BCUT2D eigenvalue weighted by molar-refractivity contribution is -0.141. The topological polar surface area (TPSA) is 52.3 Å². The fourth-order valence-corrected chi connectivity index (χ4v) is 3.40. The number of anilines is 1. The predicted octanol–water partition coefficient (Wildman–Crippen LogP) is 4.08. The molecule has 110 valence electrons. The molecular formula is C16H16BrNO2S. The zero-order chi connectivity index (χ0) is 15.2. The molecular weight excluding hydrogens is 350 g/mol. The summed E-state index contributed by atoms with van der Waals surface area (Å²) in [6, 6.07) is 15.4. The highest BCUT2D eigenvalue weighted by Crippen LogP contribution is 2.32. The number of halogens is 1. The van der Waals surface area contributed by atoms with E-state index in [-0.39, 0.29) is 11.9 Å². The molecule has 0 aliphatic carbocycles. The average Bonchev–Trinajstić information content (AvgIpc) is 2.50. The van der Waals surface area contributed by atoms with Crippen molar-refractivity contribution in [3.8, 4) is 0 Å². The summed E-state index contributed by atoms with van der Waals surface area (Å²) < 4.78 is 5.86. The first kappa shape index (κ1) is 15.9. The summed E-state index contributed by atoms with van der Waals surface area (Å²) in [5.41, 5.74) is 7.64. The van der Waals surface area contributed by atoms with Gasteiger partial charge in [-0.15, -0.1) is 11.8 Å². The van der Waals surface area contributed by atoms with Crippen molar-refractivity contribution in [3.05, 3.63) is 58.6 Å². The average molecular weight is 366 g/mol. The summed E-state index contributed by atoms with van der Waals surface area (Å²) in [6.07, 6.45) is 0. The molecule has 0 aliphatic rings. The van der Waals surface area contributed by atoms with E-state index >= 15 is 0 Å². The molecule has 0 fully saturated rings. The summed E-state index contributed by atoms with van der Waals surface area (Å²) in [7, 11) is 1.41. The van der Waals surface area contributed by atoms with E-state index in [1.807, 2.05) is 48.5 Å². The van der Waals surface area contributed by atoms with Crippen molar-refractivity contribution < 1.29 is 9.53 Å². The number of rotatable bonds is 5. The third-order valence-electron chi connectivity index (χ3n) is 3.06. The Hall–Kier alpha value is -1.46. The summed E-state index contributed by atoms with van der Waals surface area (Å²) in [5, 5.41) is 0. The second-order valence-corrected chi connectivity index (χ2v) is 6.46. The third-order valence-corrected chi connectivity index (χ3v) is 4.74. The summed E-state index contributed by atoms with van der Waals surface area (Å²) >= 11 is 4.94. The Balaban J connectivity index is 2.15. The Kier molecular flexibility index (Phi) is 5.70. The number of benzene rings is 2. The number of carbonyl (C=O) groups is 1. The third kappa shape index (κ3) is 4.25. The minimum atomic E-state index is -0.302. The number of carbonyl (C=O) groups excluding carboxylic acids is 1. The van der Waals surface area contributed by atoms with Crippen LogP contribution < -0.4 is 5.73 Å². The summed E-state index contributed by atoms with van der Waals surface area (Å²) in [4.78, 5) is 13.0. The Labute approximate surface area is 137 Å². The maximum Gasteiger partial charge on any atom is 0.313 e. The smallest absolute Gasteiger partial charge is 0.313 e. The molecule has 0 aliphatic heterocycles. The van der Waals surface area contributed by atoms with Gasteiger partial charge in [-0.2, -0.15) is 0 Å². The number of hydrogen-bond donors (Lipinski definition) is 1. The lowest BCUT2D eigenvalue weighted by Crippen LogP contribution is -2.16. The van der Waals surface area contributed by atoms with Gasteiger partial charge in [0.15, 0.2) is 0 Å². The van der Waals surface area contributed by atoms with Crippen molar-refractivity contribution >= 4 is 39.3 Å². The second-order valence-electron chi connectivity index (χ2n) is 4.48. The Bertz CT molecular complexity index is 619. The van der Waals surface area contributed by atoms with Gasteiger partial charge >= 0.3 is 5.97 Å². The van der Waals surface area contributed by atoms with Gasteiger partial charge < -0.3 is 10.5 Å². The van der Waals surface area contributed by atoms with Gasteiger partial charge in [0.2, 0.25) is 0 Å². The van der Waals surface area contributed by atoms with Gasteiger partial charge in [-0.1, -0.05) is 46.3 Å². The first-order valence-electron chi connectivity index (χ1n) is 6.42. The lowest BCUT2D eigenvalue weighted by Gasteiger charge is -2.15. The Morgan fingerprint density at radius 3 is 2.62 bits per heavy atom. The van der Waals surface area contributed by atoms with E-state index in [0.717, 1.165) is 14.9 Å². The quantitative estimate of drug-likeness (QED) is 0.492. The van der Waals surface area contributed by atoms with Crippen LogP contribution in [0.3, 0.4) is 0 Å². The highest BCUT2D eigenvalue weighted by Gasteiger charge is 2.21. The van der Waals surface area contributed by atoms with E-state index in [0.29, 0.717) is 11.4 Å². The highest BCUT2D eigenvalue weighted by atomic mass is 79.9. The molecule has 2 aromatic carbocycles. The van der Waals surface area contributed by atoms with Gasteiger partial charge in [-0.3, -0.25) is 4.79 Å². The predicted molar refractivity (Wildman–Crippen MR) is 90.5 cm³/mol. The van der Waals surface area contributed by atoms with Crippen LogP contribution in [-0.2, 0) is 9.53 Å². The van der Waals surface area contributed by atoms with E-state index in [9.17, 15) is 4.79 Å². The Morgan fingerprint density at radius 1 is 1.29 bits per heavy atom. The SMILES string of the molecule is COC(=O)C(CSc1ccc(Br)cc1N)c1ccccc1. The van der Waals surface area contributed by atoms with Crippen molar-refractivity contribution in [2.45, 2.75) is 10.8 Å². The molecule has 1 atom stereocenters. The molecule has 0 radical (unpaired) electrons. The molecule has 0 heterocycles. The standard InChI is InChI=1S/C16H16BrNO2S/c1-20-16(19)13(11-5-3-2-4-6-11)10-21-15-8-7-12(17)9-14(15)18/h2-9,13H,10,18H2,1H3. The molecule has 5 heteroatoms. The van der Waals surface area contributed by atoms with Crippen molar-refractivity contribution in [2.24, 2.45) is 0 Å². The number of nitrogen functional groups attached to an aromatic ring is 1. The van der Waals surface area contributed by atoms with E-state index < -0.39 is 0 Å². The van der Waals surface area contributed by atoms with Crippen LogP contribution in [0.25, 0.3) is 0 Å². The fraction of sp³-hybridized carbons (Fsp3) is 0.188. The molecule has 2 rings (SSSR count). The van der Waals surface area contributed by atoms with Gasteiger partial charge in [0.1, 0.15) is 0 Å². The van der Waals surface area contributed by atoms with E-state index in [1.165, 1.54) is 7.11 Å². The number of nitrogens with two attached hydrogens (primary N) is 1. The molecule has 21 heavy (non-hydrogen) atoms. The van der Waals surface area contributed by atoms with E-state index in [2.05, 4.69) is 15.9 Å². The molecule has 3 nitrogen and oxygen atoms in total. The highest BCUT2D eigenvalue weighted by molar-refractivity contribution is 9.10. The molecule has 0 amide bonds. The molecule has 0 saturated heterocycles. The van der Waals surface area contributed by atoms with Crippen LogP contribution in [0.1, 0.15) is 11.5 Å². The van der Waals surface area contributed by atoms with Crippen LogP contribution in [0.15, 0.2) is 57.9 Å². The summed E-state index contributed by atoms with van der Waals surface area (Å²) in [6.45, 7) is 0. The van der Waals surface area contributed by atoms with Crippen LogP contribution >= 0.6 is 27.7 Å². The van der Waals surface area contributed by atoms with Crippen LogP contribution in [-0.4, -0.2) is 18.8 Å². The minimum Gasteiger partial charge on any atom is -0.469 e. The molecule has 0 saturated carbocycles. The van der Waals surface area contributed by atoms with Crippen molar-refractivity contribution in [3.63, 3.8) is 0 Å². The van der Waals surface area contributed by atoms with Crippen molar-refractivity contribution in [1.29, 1.82) is 0 Å². The van der Waals surface area contributed by atoms with E-state index in [4.69, 9.17) is 10.5 Å². The second kappa shape index (κ2) is 7.52. The molecule has 2 aromatic rings. The number of esters is 1. The first-order chi connectivity index (χ1) is 10.1. The molecule has 1 unspecified atom stereocenters. The fourth-order valence-electron chi connectivity index (χ4n) is 1.95. The van der Waals surface area contributed by atoms with Gasteiger partial charge in [-0.25, -0.2) is 0 Å². The van der Waals surface area contributed by atoms with Gasteiger partial charge in [0.05, 0.1) is 13.0 Å².